The van der Waals surface area contributed by atoms with Gasteiger partial charge in [0.15, 0.2) is 11.5 Å². The number of benzene rings is 1. The number of pyridine rings is 1. The monoisotopic (exact) mass is 328 g/mol. The summed E-state index contributed by atoms with van der Waals surface area (Å²) in [4.78, 5) is 16.4. The highest BCUT2D eigenvalue weighted by atomic mass is 16.5. The second-order valence-electron chi connectivity index (χ2n) is 6.33. The van der Waals surface area contributed by atoms with Crippen LogP contribution in [0.3, 0.4) is 0 Å². The first-order valence-corrected chi connectivity index (χ1v) is 7.95. The maximum atomic E-state index is 12.2. The van der Waals surface area contributed by atoms with Gasteiger partial charge in [0.05, 0.1) is 19.0 Å². The molecule has 1 amide bonds. The normalized spacial score (nSPS) is 11.0. The Morgan fingerprint density at radius 2 is 1.96 bits per heavy atom. The Hall–Kier alpha value is -2.56. The second kappa shape index (κ2) is 7.34. The van der Waals surface area contributed by atoms with Crippen LogP contribution in [0.5, 0.6) is 17.4 Å². The molecule has 0 saturated carbocycles. The third-order valence-electron chi connectivity index (χ3n) is 4.03. The maximum absolute atomic E-state index is 12.2. The molecule has 0 unspecified atom stereocenters. The van der Waals surface area contributed by atoms with Crippen LogP contribution in [0.15, 0.2) is 36.5 Å². The van der Waals surface area contributed by atoms with Crippen molar-refractivity contribution in [3.05, 3.63) is 42.1 Å². The van der Waals surface area contributed by atoms with E-state index < -0.39 is 5.41 Å². The molecular formula is C19H24N2O3. The van der Waals surface area contributed by atoms with E-state index in [1.165, 1.54) is 0 Å². The Bertz CT molecular complexity index is 709. The van der Waals surface area contributed by atoms with Crippen LogP contribution in [-0.4, -0.2) is 18.0 Å². The topological polar surface area (TPSA) is 60.5 Å². The molecule has 5 nitrogen and oxygen atoms in total. The van der Waals surface area contributed by atoms with Crippen molar-refractivity contribution in [2.24, 2.45) is 5.41 Å². The summed E-state index contributed by atoms with van der Waals surface area (Å²) >= 11 is 0. The highest BCUT2D eigenvalue weighted by Crippen LogP contribution is 2.31. The Kier molecular flexibility index (Phi) is 5.44. The summed E-state index contributed by atoms with van der Waals surface area (Å²) in [6.45, 7) is 7.80. The molecule has 1 heterocycles. The number of rotatable bonds is 6. The van der Waals surface area contributed by atoms with Crippen LogP contribution >= 0.6 is 0 Å². The number of ether oxygens (including phenoxy) is 2. The van der Waals surface area contributed by atoms with Gasteiger partial charge < -0.3 is 14.8 Å². The molecule has 1 N–H and O–H groups in total. The molecule has 2 aromatic rings. The quantitative estimate of drug-likeness (QED) is 0.844. The fourth-order valence-electron chi connectivity index (χ4n) is 1.95. The first-order chi connectivity index (χ1) is 11.4. The van der Waals surface area contributed by atoms with Crippen molar-refractivity contribution in [2.45, 2.75) is 34.1 Å². The summed E-state index contributed by atoms with van der Waals surface area (Å²) in [5, 5.41) is 2.87. The third-order valence-corrected chi connectivity index (χ3v) is 4.03. The lowest BCUT2D eigenvalue weighted by atomic mass is 9.89. The predicted octanol–water partition coefficient (Wildman–Crippen LogP) is 4.57. The first-order valence-electron chi connectivity index (χ1n) is 7.95. The van der Waals surface area contributed by atoms with Gasteiger partial charge in [-0.1, -0.05) is 26.8 Å². The molecule has 24 heavy (non-hydrogen) atoms. The molecule has 0 aliphatic rings. The van der Waals surface area contributed by atoms with Crippen LogP contribution in [0, 0.1) is 12.3 Å². The van der Waals surface area contributed by atoms with Gasteiger partial charge in [-0.05, 0) is 37.1 Å². The molecule has 0 aliphatic carbocycles. The molecule has 0 spiro atoms. The average Bonchev–Trinajstić information content (AvgIpc) is 2.58. The molecule has 0 atom stereocenters. The van der Waals surface area contributed by atoms with Crippen molar-refractivity contribution >= 4 is 11.6 Å². The van der Waals surface area contributed by atoms with Crippen molar-refractivity contribution in [3.63, 3.8) is 0 Å². The highest BCUT2D eigenvalue weighted by molar-refractivity contribution is 5.94. The Morgan fingerprint density at radius 1 is 1.21 bits per heavy atom. The fraction of sp³-hybridized carbons (Fsp3) is 0.368. The molecule has 128 valence electrons. The van der Waals surface area contributed by atoms with Gasteiger partial charge in [0.25, 0.3) is 0 Å². The summed E-state index contributed by atoms with van der Waals surface area (Å²) in [5.41, 5.74) is 1.32. The zero-order valence-electron chi connectivity index (χ0n) is 14.8. The van der Waals surface area contributed by atoms with Gasteiger partial charge in [-0.25, -0.2) is 4.98 Å². The average molecular weight is 328 g/mol. The lowest BCUT2D eigenvalue weighted by Gasteiger charge is -2.21. The number of methoxy groups -OCH3 is 1. The number of aryl methyl sites for hydroxylation is 1. The van der Waals surface area contributed by atoms with E-state index >= 15 is 0 Å². The lowest BCUT2D eigenvalue weighted by Crippen LogP contribution is -2.29. The van der Waals surface area contributed by atoms with Crippen LogP contribution in [0.1, 0.15) is 32.8 Å². The zero-order valence-corrected chi connectivity index (χ0v) is 14.8. The number of aromatic nitrogens is 1. The van der Waals surface area contributed by atoms with E-state index in [4.69, 9.17) is 9.47 Å². The van der Waals surface area contributed by atoms with Crippen molar-refractivity contribution < 1.29 is 14.3 Å². The van der Waals surface area contributed by atoms with E-state index in [0.29, 0.717) is 23.1 Å². The van der Waals surface area contributed by atoms with Gasteiger partial charge in [0.2, 0.25) is 11.8 Å². The summed E-state index contributed by atoms with van der Waals surface area (Å²) < 4.78 is 11.1. The van der Waals surface area contributed by atoms with Crippen LogP contribution < -0.4 is 14.8 Å². The predicted molar refractivity (Wildman–Crippen MR) is 94.7 cm³/mol. The molecule has 0 bridgehead atoms. The minimum absolute atomic E-state index is 0.0272. The third kappa shape index (κ3) is 4.25. The van der Waals surface area contributed by atoms with E-state index in [-0.39, 0.29) is 5.91 Å². The van der Waals surface area contributed by atoms with E-state index in [1.807, 2.05) is 45.9 Å². The number of anilines is 1. The van der Waals surface area contributed by atoms with Crippen LogP contribution in [0.4, 0.5) is 5.69 Å². The molecule has 1 aromatic carbocycles. The van der Waals surface area contributed by atoms with E-state index in [0.717, 1.165) is 12.0 Å². The number of carbonyl (C=O) groups excluding carboxylic acids is 1. The van der Waals surface area contributed by atoms with E-state index in [1.54, 1.807) is 25.4 Å². The number of carbonyl (C=O) groups is 1. The fourth-order valence-corrected chi connectivity index (χ4v) is 1.95. The summed E-state index contributed by atoms with van der Waals surface area (Å²) in [6.07, 6.45) is 2.35. The van der Waals surface area contributed by atoms with Crippen molar-refractivity contribution in [1.29, 1.82) is 0 Å². The van der Waals surface area contributed by atoms with Crippen molar-refractivity contribution in [2.75, 3.05) is 12.4 Å². The maximum Gasteiger partial charge on any atom is 0.230 e. The number of amides is 1. The number of hydrogen-bond acceptors (Lipinski definition) is 4. The molecule has 1 aromatic heterocycles. The summed E-state index contributed by atoms with van der Waals surface area (Å²) in [6, 6.07) is 9.17. The SMILES string of the molecule is CCC(C)(C)C(=O)Nc1ccc(Oc2ccc(C)cc2OC)nc1. The molecule has 0 radical (unpaired) electrons. The molecule has 0 fully saturated rings. The number of nitrogens with one attached hydrogen (secondary N) is 1. The molecule has 5 heteroatoms. The van der Waals surface area contributed by atoms with Gasteiger partial charge in [-0.2, -0.15) is 0 Å². The Balaban J connectivity index is 2.09. The minimum atomic E-state index is -0.412. The van der Waals surface area contributed by atoms with Gasteiger partial charge in [-0.15, -0.1) is 0 Å². The molecule has 0 saturated heterocycles. The first kappa shape index (κ1) is 17.8. The van der Waals surface area contributed by atoms with Crippen LogP contribution in [-0.2, 0) is 4.79 Å². The highest BCUT2D eigenvalue weighted by Gasteiger charge is 2.25. The number of hydrogen-bond donors (Lipinski definition) is 1. The van der Waals surface area contributed by atoms with Gasteiger partial charge >= 0.3 is 0 Å². The van der Waals surface area contributed by atoms with E-state index in [2.05, 4.69) is 10.3 Å². The van der Waals surface area contributed by atoms with Crippen molar-refractivity contribution in [3.8, 4) is 17.4 Å². The molecular weight excluding hydrogens is 304 g/mol. The van der Waals surface area contributed by atoms with E-state index in [9.17, 15) is 4.79 Å². The molecule has 2 rings (SSSR count). The smallest absolute Gasteiger partial charge is 0.230 e. The zero-order chi connectivity index (χ0) is 17.7. The summed E-state index contributed by atoms with van der Waals surface area (Å²) in [7, 11) is 1.60. The standard InChI is InChI=1S/C19H24N2O3/c1-6-19(3,4)18(22)21-14-8-10-17(20-12-14)24-15-9-7-13(2)11-16(15)23-5/h7-12H,6H2,1-5H3,(H,21,22). The van der Waals surface area contributed by atoms with Crippen LogP contribution in [0.25, 0.3) is 0 Å². The van der Waals surface area contributed by atoms with Gasteiger partial charge in [-0.3, -0.25) is 4.79 Å². The summed E-state index contributed by atoms with van der Waals surface area (Å²) in [5.74, 6) is 1.66. The largest absolute Gasteiger partial charge is 0.493 e. The van der Waals surface area contributed by atoms with Gasteiger partial charge in [0, 0.05) is 11.5 Å². The second-order valence-corrected chi connectivity index (χ2v) is 6.33. The van der Waals surface area contributed by atoms with Crippen LogP contribution in [0.2, 0.25) is 0 Å². The molecule has 0 aliphatic heterocycles. The van der Waals surface area contributed by atoms with Crippen molar-refractivity contribution in [1.82, 2.24) is 4.98 Å². The number of nitrogens with zero attached hydrogens (tertiary/aromatic N) is 1. The minimum Gasteiger partial charge on any atom is -0.493 e. The Labute approximate surface area is 143 Å². The Morgan fingerprint density at radius 3 is 2.54 bits per heavy atom. The van der Waals surface area contributed by atoms with Gasteiger partial charge in [0.1, 0.15) is 0 Å². The lowest BCUT2D eigenvalue weighted by molar-refractivity contribution is -0.124.